The van der Waals surface area contributed by atoms with Crippen LogP contribution in [0.25, 0.3) is 11.1 Å². The number of piperazine rings is 1. The van der Waals surface area contributed by atoms with Gasteiger partial charge in [-0.25, -0.2) is 0 Å². The molecule has 0 aromatic heterocycles. The Kier molecular flexibility index (Phi) is 8.94. The fraction of sp³-hybridized carbons (Fsp3) is 0.243. The van der Waals surface area contributed by atoms with E-state index in [2.05, 4.69) is 10.2 Å². The smallest absolute Gasteiger partial charge is 0.258 e. The van der Waals surface area contributed by atoms with Crippen molar-refractivity contribution >= 4 is 40.7 Å². The van der Waals surface area contributed by atoms with Gasteiger partial charge in [-0.2, -0.15) is 0 Å². The highest BCUT2D eigenvalue weighted by Gasteiger charge is 2.32. The molecule has 0 atom stereocenters. The average molecular weight is 616 g/mol. The molecule has 4 aromatic carbocycles. The van der Waals surface area contributed by atoms with Crippen molar-refractivity contribution in [3.05, 3.63) is 114 Å². The lowest BCUT2D eigenvalue weighted by Gasteiger charge is -2.34. The van der Waals surface area contributed by atoms with Gasteiger partial charge in [-0.05, 0) is 67.6 Å². The van der Waals surface area contributed by atoms with E-state index in [1.807, 2.05) is 68.6 Å². The number of aryl methyl sites for hydroxylation is 1. The van der Waals surface area contributed by atoms with E-state index < -0.39 is 0 Å². The van der Waals surface area contributed by atoms with Gasteiger partial charge in [0.2, 0.25) is 11.8 Å². The van der Waals surface area contributed by atoms with E-state index in [0.29, 0.717) is 41.3 Å². The Morgan fingerprint density at radius 2 is 1.46 bits per heavy atom. The third-order valence-electron chi connectivity index (χ3n) is 8.60. The molecule has 9 heteroatoms. The molecular weight excluding hydrogens is 578 g/mol. The van der Waals surface area contributed by atoms with Crippen LogP contribution in [-0.2, 0) is 9.59 Å². The Morgan fingerprint density at radius 3 is 2.20 bits per heavy atom. The zero-order valence-corrected chi connectivity index (χ0v) is 26.1. The van der Waals surface area contributed by atoms with E-state index in [-0.39, 0.29) is 43.1 Å². The first kappa shape index (κ1) is 30.7. The van der Waals surface area contributed by atoms with Gasteiger partial charge in [0.05, 0.1) is 11.4 Å². The number of carbonyl (C=O) groups is 4. The lowest BCUT2D eigenvalue weighted by molar-refractivity contribution is -0.132. The summed E-state index contributed by atoms with van der Waals surface area (Å²) < 4.78 is 0. The maximum Gasteiger partial charge on any atom is 0.258 e. The molecule has 1 saturated heterocycles. The number of hydrogen-bond donors (Lipinski definition) is 1. The summed E-state index contributed by atoms with van der Waals surface area (Å²) in [6.45, 7) is 4.97. The summed E-state index contributed by atoms with van der Waals surface area (Å²) in [6.07, 6.45) is 0.0882. The summed E-state index contributed by atoms with van der Waals surface area (Å²) in [7, 11) is 2.03. The Labute approximate surface area is 269 Å². The van der Waals surface area contributed by atoms with Gasteiger partial charge in [0, 0.05) is 56.0 Å². The van der Waals surface area contributed by atoms with E-state index in [1.165, 1.54) is 4.90 Å². The van der Waals surface area contributed by atoms with Crippen LogP contribution in [0.15, 0.2) is 97.1 Å². The standard InChI is InChI=1S/C37H37N5O4/c1-26-8-7-9-28(24-26)30-10-3-4-11-31(30)36(45)38-29-16-14-27(15-17-29)37(46)41-19-18-34(43)42(33-13-6-5-12-32(33)41)25-35(44)40-22-20-39(2)21-23-40/h3-17,24H,18-23,25H2,1-2H3,(H,38,45). The van der Waals surface area contributed by atoms with Crippen molar-refractivity contribution in [2.45, 2.75) is 13.3 Å². The first-order chi connectivity index (χ1) is 22.3. The SMILES string of the molecule is Cc1cccc(-c2ccccc2C(=O)Nc2ccc(C(=O)N3CCC(=O)N(CC(=O)N4CCN(C)CC4)c4ccccc43)cc2)c1. The van der Waals surface area contributed by atoms with Gasteiger partial charge in [-0.1, -0.05) is 60.2 Å². The Morgan fingerprint density at radius 1 is 0.761 bits per heavy atom. The zero-order valence-electron chi connectivity index (χ0n) is 26.1. The van der Waals surface area contributed by atoms with Crippen LogP contribution in [0.4, 0.5) is 17.1 Å². The van der Waals surface area contributed by atoms with Crippen molar-refractivity contribution in [1.82, 2.24) is 9.80 Å². The molecule has 46 heavy (non-hydrogen) atoms. The lowest BCUT2D eigenvalue weighted by atomic mass is 9.98. The van der Waals surface area contributed by atoms with Crippen LogP contribution in [0.1, 0.15) is 32.7 Å². The predicted octanol–water partition coefficient (Wildman–Crippen LogP) is 5.07. The average Bonchev–Trinajstić information content (AvgIpc) is 3.21. The fourth-order valence-corrected chi connectivity index (χ4v) is 5.99. The van der Waals surface area contributed by atoms with Gasteiger partial charge in [-0.15, -0.1) is 0 Å². The molecule has 2 heterocycles. The highest BCUT2D eigenvalue weighted by Crippen LogP contribution is 2.34. The first-order valence-electron chi connectivity index (χ1n) is 15.5. The number of carbonyl (C=O) groups excluding carboxylic acids is 4. The minimum atomic E-state index is -0.268. The summed E-state index contributed by atoms with van der Waals surface area (Å²) in [5.41, 5.74) is 5.55. The lowest BCUT2D eigenvalue weighted by Crippen LogP contribution is -2.50. The maximum absolute atomic E-state index is 13.8. The van der Waals surface area contributed by atoms with E-state index in [4.69, 9.17) is 0 Å². The van der Waals surface area contributed by atoms with Crippen LogP contribution in [-0.4, -0.2) is 79.7 Å². The molecule has 0 saturated carbocycles. The maximum atomic E-state index is 13.8. The number of nitrogens with one attached hydrogen (secondary N) is 1. The third kappa shape index (κ3) is 6.55. The third-order valence-corrected chi connectivity index (χ3v) is 8.60. The molecule has 0 spiro atoms. The number of para-hydroxylation sites is 2. The molecule has 9 nitrogen and oxygen atoms in total. The number of benzene rings is 4. The van der Waals surface area contributed by atoms with Crippen molar-refractivity contribution < 1.29 is 19.2 Å². The summed E-state index contributed by atoms with van der Waals surface area (Å²) in [6, 6.07) is 29.5. The van der Waals surface area contributed by atoms with E-state index in [1.54, 1.807) is 52.3 Å². The second-order valence-electron chi connectivity index (χ2n) is 11.8. The Hall–Kier alpha value is -5.28. The second-order valence-corrected chi connectivity index (χ2v) is 11.8. The van der Waals surface area contributed by atoms with E-state index in [9.17, 15) is 19.2 Å². The summed E-state index contributed by atoms with van der Waals surface area (Å²) in [5, 5.41) is 2.96. The normalized spacial score (nSPS) is 15.3. The summed E-state index contributed by atoms with van der Waals surface area (Å²) in [4.78, 5) is 60.8. The van der Waals surface area contributed by atoms with Crippen molar-refractivity contribution in [1.29, 1.82) is 0 Å². The van der Waals surface area contributed by atoms with Crippen molar-refractivity contribution in [3.63, 3.8) is 0 Å². The number of rotatable bonds is 6. The number of anilines is 3. The Balaban J connectivity index is 1.18. The van der Waals surface area contributed by atoms with Crippen LogP contribution >= 0.6 is 0 Å². The topological polar surface area (TPSA) is 93.3 Å². The van der Waals surface area contributed by atoms with Gasteiger partial charge >= 0.3 is 0 Å². The zero-order chi connectivity index (χ0) is 32.2. The molecule has 6 rings (SSSR count). The monoisotopic (exact) mass is 615 g/mol. The van der Waals surface area contributed by atoms with Gasteiger partial charge in [-0.3, -0.25) is 19.2 Å². The molecule has 1 N–H and O–H groups in total. The summed E-state index contributed by atoms with van der Waals surface area (Å²) in [5.74, 6) is -0.818. The van der Waals surface area contributed by atoms with Crippen LogP contribution in [0.2, 0.25) is 0 Å². The van der Waals surface area contributed by atoms with Crippen molar-refractivity contribution in [3.8, 4) is 11.1 Å². The molecule has 4 amide bonds. The van der Waals surface area contributed by atoms with Crippen molar-refractivity contribution in [2.75, 3.05) is 61.4 Å². The van der Waals surface area contributed by atoms with Gasteiger partial charge < -0.3 is 24.9 Å². The number of hydrogen-bond acceptors (Lipinski definition) is 5. The highest BCUT2D eigenvalue weighted by atomic mass is 16.2. The predicted molar refractivity (Wildman–Crippen MR) is 180 cm³/mol. The molecule has 1 fully saturated rings. The van der Waals surface area contributed by atoms with Crippen LogP contribution in [0, 0.1) is 6.92 Å². The van der Waals surface area contributed by atoms with Crippen molar-refractivity contribution in [2.24, 2.45) is 0 Å². The number of fused-ring (bicyclic) bond motifs is 1. The molecule has 2 aliphatic rings. The number of amides is 4. The minimum Gasteiger partial charge on any atom is -0.339 e. The van der Waals surface area contributed by atoms with Crippen LogP contribution < -0.4 is 15.1 Å². The van der Waals surface area contributed by atoms with E-state index >= 15 is 0 Å². The summed E-state index contributed by atoms with van der Waals surface area (Å²) >= 11 is 0. The quantitative estimate of drug-likeness (QED) is 0.327. The fourth-order valence-electron chi connectivity index (χ4n) is 5.99. The molecule has 0 unspecified atom stereocenters. The van der Waals surface area contributed by atoms with Gasteiger partial charge in [0.15, 0.2) is 0 Å². The number of likely N-dealkylation sites (N-methyl/N-ethyl adjacent to an activating group) is 1. The number of nitrogens with zero attached hydrogens (tertiary/aromatic N) is 4. The highest BCUT2D eigenvalue weighted by molar-refractivity contribution is 6.13. The molecule has 2 aliphatic heterocycles. The Bertz CT molecular complexity index is 1780. The molecule has 234 valence electrons. The molecule has 0 radical (unpaired) electrons. The first-order valence-corrected chi connectivity index (χ1v) is 15.5. The molecule has 4 aromatic rings. The second kappa shape index (κ2) is 13.4. The molecular formula is C37H37N5O4. The minimum absolute atomic E-state index is 0.0665. The van der Waals surface area contributed by atoms with Gasteiger partial charge in [0.1, 0.15) is 6.54 Å². The largest absolute Gasteiger partial charge is 0.339 e. The molecule has 0 aliphatic carbocycles. The van der Waals surface area contributed by atoms with Crippen LogP contribution in [0.5, 0.6) is 0 Å². The van der Waals surface area contributed by atoms with E-state index in [0.717, 1.165) is 29.8 Å². The van der Waals surface area contributed by atoms with Gasteiger partial charge in [0.25, 0.3) is 11.8 Å². The van der Waals surface area contributed by atoms with Crippen LogP contribution in [0.3, 0.4) is 0 Å². The molecule has 0 bridgehead atoms.